The van der Waals surface area contributed by atoms with Gasteiger partial charge in [0.25, 0.3) is 5.91 Å². The first-order valence-corrected chi connectivity index (χ1v) is 12.7. The largest absolute Gasteiger partial charge is 0.349 e. The van der Waals surface area contributed by atoms with Crippen molar-refractivity contribution in [3.05, 3.63) is 65.2 Å². The number of hydrogen-bond acceptors (Lipinski definition) is 2. The van der Waals surface area contributed by atoms with E-state index in [2.05, 4.69) is 35.8 Å². The van der Waals surface area contributed by atoms with E-state index in [4.69, 9.17) is 0 Å². The van der Waals surface area contributed by atoms with Gasteiger partial charge in [-0.25, -0.2) is 4.79 Å². The van der Waals surface area contributed by atoms with Crippen LogP contribution < -0.4 is 10.6 Å². The van der Waals surface area contributed by atoms with Crippen LogP contribution >= 0.6 is 0 Å². The van der Waals surface area contributed by atoms with Gasteiger partial charge in [0.15, 0.2) is 0 Å². The predicted molar refractivity (Wildman–Crippen MR) is 134 cm³/mol. The van der Waals surface area contributed by atoms with Crippen molar-refractivity contribution in [3.63, 3.8) is 0 Å². The highest BCUT2D eigenvalue weighted by Gasteiger charge is 2.25. The van der Waals surface area contributed by atoms with Gasteiger partial charge in [0.1, 0.15) is 0 Å². The van der Waals surface area contributed by atoms with Crippen LogP contribution in [-0.4, -0.2) is 36.0 Å². The quantitative estimate of drug-likeness (QED) is 0.543. The average Bonchev–Trinajstić information content (AvgIpc) is 3.13. The Hall–Kier alpha value is -2.82. The van der Waals surface area contributed by atoms with Gasteiger partial charge in [-0.15, -0.1) is 0 Å². The van der Waals surface area contributed by atoms with Crippen LogP contribution in [0.3, 0.4) is 0 Å². The highest BCUT2D eigenvalue weighted by atomic mass is 16.2. The van der Waals surface area contributed by atoms with Crippen LogP contribution in [0.4, 0.5) is 10.5 Å². The van der Waals surface area contributed by atoms with Crippen molar-refractivity contribution in [2.24, 2.45) is 0 Å². The molecule has 1 aliphatic carbocycles. The Balaban J connectivity index is 1.37. The van der Waals surface area contributed by atoms with Crippen LogP contribution in [-0.2, 0) is 6.42 Å². The Morgan fingerprint density at radius 1 is 0.939 bits per heavy atom. The number of carbonyl (C=O) groups is 2. The summed E-state index contributed by atoms with van der Waals surface area (Å²) in [4.78, 5) is 27.7. The molecule has 2 aliphatic rings. The lowest BCUT2D eigenvalue weighted by Gasteiger charge is -2.33. The van der Waals surface area contributed by atoms with E-state index in [1.807, 2.05) is 35.2 Å². The van der Waals surface area contributed by atoms with Gasteiger partial charge in [-0.2, -0.15) is 0 Å². The second kappa shape index (κ2) is 11.4. The van der Waals surface area contributed by atoms with Gasteiger partial charge in [0.05, 0.1) is 0 Å². The van der Waals surface area contributed by atoms with Crippen molar-refractivity contribution >= 4 is 17.6 Å². The van der Waals surface area contributed by atoms with E-state index < -0.39 is 0 Å². The molecule has 1 aliphatic heterocycles. The Kier molecular flexibility index (Phi) is 8.03. The molecule has 33 heavy (non-hydrogen) atoms. The molecule has 176 valence electrons. The highest BCUT2D eigenvalue weighted by Crippen LogP contribution is 2.28. The summed E-state index contributed by atoms with van der Waals surface area (Å²) in [7, 11) is 0. The van der Waals surface area contributed by atoms with Gasteiger partial charge in [0, 0.05) is 36.3 Å². The molecule has 1 atom stereocenters. The van der Waals surface area contributed by atoms with Gasteiger partial charge in [-0.1, -0.05) is 56.9 Å². The number of nitrogens with zero attached hydrogens (tertiary/aromatic N) is 1. The van der Waals surface area contributed by atoms with Crippen LogP contribution in [0.5, 0.6) is 0 Å². The zero-order valence-electron chi connectivity index (χ0n) is 19.8. The monoisotopic (exact) mass is 447 g/mol. The molecule has 4 rings (SSSR count). The Labute approximate surface area is 197 Å². The molecule has 2 aromatic carbocycles. The van der Waals surface area contributed by atoms with E-state index in [1.165, 1.54) is 31.2 Å². The average molecular weight is 448 g/mol. The smallest absolute Gasteiger partial charge is 0.321 e. The molecule has 0 aromatic heterocycles. The van der Waals surface area contributed by atoms with Gasteiger partial charge in [-0.05, 0) is 67.5 Å². The van der Waals surface area contributed by atoms with E-state index in [-0.39, 0.29) is 17.9 Å². The number of urea groups is 1. The molecular weight excluding hydrogens is 410 g/mol. The molecule has 1 heterocycles. The standard InChI is InChI=1S/C28H37N3O2/c1-2-21-14-16-26(17-15-21)30-28(33)31-18-8-11-24(20-31)22-9-7-10-23(19-22)27(32)29-25-12-5-3-4-6-13-25/h7,9-10,14-17,19,24-25H,2-6,8,11-13,18,20H2,1H3,(H,29,32)(H,30,33)/t24-/m1/s1. The van der Waals surface area contributed by atoms with Crippen LogP contribution in [0.15, 0.2) is 48.5 Å². The van der Waals surface area contributed by atoms with Crippen LogP contribution in [0, 0.1) is 0 Å². The summed E-state index contributed by atoms with van der Waals surface area (Å²) >= 11 is 0. The third kappa shape index (κ3) is 6.37. The minimum Gasteiger partial charge on any atom is -0.349 e. The zero-order valence-corrected chi connectivity index (χ0v) is 19.8. The summed E-state index contributed by atoms with van der Waals surface area (Å²) < 4.78 is 0. The number of benzene rings is 2. The normalized spacial score (nSPS) is 19.5. The lowest BCUT2D eigenvalue weighted by atomic mass is 9.89. The molecule has 5 heteroatoms. The molecule has 5 nitrogen and oxygen atoms in total. The van der Waals surface area contributed by atoms with Crippen molar-refractivity contribution in [3.8, 4) is 0 Å². The fourth-order valence-corrected chi connectivity index (χ4v) is 5.09. The molecule has 2 aromatic rings. The maximum absolute atomic E-state index is 12.9. The molecule has 2 N–H and O–H groups in total. The number of aryl methyl sites for hydroxylation is 1. The number of piperidine rings is 1. The number of nitrogens with one attached hydrogen (secondary N) is 2. The van der Waals surface area contributed by atoms with Crippen molar-refractivity contribution in [1.29, 1.82) is 0 Å². The number of hydrogen-bond donors (Lipinski definition) is 2. The lowest BCUT2D eigenvalue weighted by molar-refractivity contribution is 0.0933. The van der Waals surface area contributed by atoms with Crippen LogP contribution in [0.2, 0.25) is 0 Å². The molecule has 3 amide bonds. The van der Waals surface area contributed by atoms with Crippen LogP contribution in [0.25, 0.3) is 0 Å². The summed E-state index contributed by atoms with van der Waals surface area (Å²) in [6.45, 7) is 3.56. The number of likely N-dealkylation sites (tertiary alicyclic amines) is 1. The molecule has 0 unspecified atom stereocenters. The number of rotatable bonds is 5. The first kappa shape index (κ1) is 23.3. The fraction of sp³-hybridized carbons (Fsp3) is 0.500. The van der Waals surface area contributed by atoms with E-state index in [0.717, 1.165) is 55.5 Å². The predicted octanol–water partition coefficient (Wildman–Crippen LogP) is 6.11. The summed E-state index contributed by atoms with van der Waals surface area (Å²) in [6, 6.07) is 16.3. The van der Waals surface area contributed by atoms with Crippen molar-refractivity contribution in [2.45, 2.75) is 76.7 Å². The summed E-state index contributed by atoms with van der Waals surface area (Å²) in [5.41, 5.74) is 3.97. The highest BCUT2D eigenvalue weighted by molar-refractivity contribution is 5.94. The van der Waals surface area contributed by atoms with Crippen LogP contribution in [0.1, 0.15) is 85.7 Å². The molecule has 0 bridgehead atoms. The van der Waals surface area contributed by atoms with Gasteiger partial charge in [0.2, 0.25) is 0 Å². The van der Waals surface area contributed by atoms with Crippen molar-refractivity contribution < 1.29 is 9.59 Å². The third-order valence-electron chi connectivity index (χ3n) is 7.13. The molecule has 1 saturated heterocycles. The first-order valence-electron chi connectivity index (χ1n) is 12.7. The first-order chi connectivity index (χ1) is 16.1. The van der Waals surface area contributed by atoms with Gasteiger partial charge >= 0.3 is 6.03 Å². The van der Waals surface area contributed by atoms with E-state index in [0.29, 0.717) is 12.6 Å². The van der Waals surface area contributed by atoms with E-state index >= 15 is 0 Å². The van der Waals surface area contributed by atoms with Crippen molar-refractivity contribution in [1.82, 2.24) is 10.2 Å². The third-order valence-corrected chi connectivity index (χ3v) is 7.13. The number of carbonyl (C=O) groups excluding carboxylic acids is 2. The topological polar surface area (TPSA) is 61.4 Å². The lowest BCUT2D eigenvalue weighted by Crippen LogP contribution is -2.41. The second-order valence-electron chi connectivity index (χ2n) is 9.55. The summed E-state index contributed by atoms with van der Waals surface area (Å²) in [5, 5.41) is 6.29. The molecule has 2 fully saturated rings. The fourth-order valence-electron chi connectivity index (χ4n) is 5.09. The van der Waals surface area contributed by atoms with E-state index in [9.17, 15) is 9.59 Å². The molecule has 0 radical (unpaired) electrons. The SMILES string of the molecule is CCc1ccc(NC(=O)N2CCC[C@@H](c3cccc(C(=O)NC4CCCCCC4)c3)C2)cc1. The second-order valence-corrected chi connectivity index (χ2v) is 9.55. The molecule has 1 saturated carbocycles. The Morgan fingerprint density at radius 2 is 1.70 bits per heavy atom. The minimum absolute atomic E-state index is 0.0321. The van der Waals surface area contributed by atoms with Gasteiger partial charge in [-0.3, -0.25) is 4.79 Å². The number of amides is 3. The summed E-state index contributed by atoms with van der Waals surface area (Å²) in [5.74, 6) is 0.280. The summed E-state index contributed by atoms with van der Waals surface area (Å²) in [6.07, 6.45) is 10.1. The Bertz CT molecular complexity index is 932. The maximum Gasteiger partial charge on any atom is 0.321 e. The van der Waals surface area contributed by atoms with E-state index in [1.54, 1.807) is 0 Å². The van der Waals surface area contributed by atoms with Gasteiger partial charge < -0.3 is 15.5 Å². The number of anilines is 1. The molecular formula is C28H37N3O2. The zero-order chi connectivity index (χ0) is 23.0. The van der Waals surface area contributed by atoms with Crippen molar-refractivity contribution in [2.75, 3.05) is 18.4 Å². The maximum atomic E-state index is 12.9. The molecule has 0 spiro atoms. The Morgan fingerprint density at radius 3 is 2.42 bits per heavy atom. The minimum atomic E-state index is -0.0498.